The molecule has 2 aliphatic rings. The van der Waals surface area contributed by atoms with E-state index in [1.165, 1.54) is 18.4 Å². The topological polar surface area (TPSA) is 59.1 Å². The van der Waals surface area contributed by atoms with Gasteiger partial charge in [0.15, 0.2) is 11.5 Å². The van der Waals surface area contributed by atoms with Gasteiger partial charge in [-0.15, -0.1) is 0 Å². The number of rotatable bonds is 8. The summed E-state index contributed by atoms with van der Waals surface area (Å²) in [7, 11) is 1.60. The molecule has 1 atom stereocenters. The number of hydrogen-bond donors (Lipinski definition) is 0. The second kappa shape index (κ2) is 11.6. The minimum absolute atomic E-state index is 0.00731. The number of methoxy groups -OCH3 is 1. The molecule has 0 radical (unpaired) electrons. The highest BCUT2D eigenvalue weighted by molar-refractivity contribution is 5.96. The maximum Gasteiger partial charge on any atom is 0.250 e. The monoisotopic (exact) mass is 478 g/mol. The number of hydrogen-bond acceptors (Lipinski definition) is 4. The summed E-state index contributed by atoms with van der Waals surface area (Å²) in [6, 6.07) is 13.2. The Hall–Kier alpha value is -3.02. The van der Waals surface area contributed by atoms with Gasteiger partial charge in [-0.2, -0.15) is 0 Å². The van der Waals surface area contributed by atoms with Gasteiger partial charge in [0.2, 0.25) is 5.91 Å². The van der Waals surface area contributed by atoms with Gasteiger partial charge in [0, 0.05) is 12.6 Å². The van der Waals surface area contributed by atoms with Crippen molar-refractivity contribution in [2.45, 2.75) is 77.4 Å². The lowest BCUT2D eigenvalue weighted by atomic mass is 9.96. The molecule has 0 N–H and O–H groups in total. The quantitative estimate of drug-likeness (QED) is 0.475. The van der Waals surface area contributed by atoms with Crippen LogP contribution < -0.4 is 9.47 Å². The maximum atomic E-state index is 14.1. The third kappa shape index (κ3) is 5.80. The highest BCUT2D eigenvalue weighted by atomic mass is 16.5. The van der Waals surface area contributed by atoms with Crippen molar-refractivity contribution >= 4 is 11.8 Å². The molecule has 0 aromatic heterocycles. The highest BCUT2D eigenvalue weighted by Crippen LogP contribution is 2.37. The van der Waals surface area contributed by atoms with Gasteiger partial charge in [-0.05, 0) is 49.4 Å². The van der Waals surface area contributed by atoms with Crippen LogP contribution in [0.5, 0.6) is 11.5 Å². The van der Waals surface area contributed by atoms with Crippen molar-refractivity contribution in [3.63, 3.8) is 0 Å². The van der Waals surface area contributed by atoms with Crippen LogP contribution in [-0.2, 0) is 16.1 Å². The average Bonchev–Trinajstić information content (AvgIpc) is 3.16. The second-order valence-corrected chi connectivity index (χ2v) is 9.78. The van der Waals surface area contributed by atoms with Crippen molar-refractivity contribution in [2.24, 2.45) is 0 Å². The molecular formula is C29H38N2O4. The molecule has 6 nitrogen and oxygen atoms in total. The van der Waals surface area contributed by atoms with Crippen LogP contribution in [0.1, 0.15) is 74.6 Å². The fourth-order valence-corrected chi connectivity index (χ4v) is 5.21. The van der Waals surface area contributed by atoms with Crippen molar-refractivity contribution in [3.05, 3.63) is 59.2 Å². The largest absolute Gasteiger partial charge is 0.493 e. The summed E-state index contributed by atoms with van der Waals surface area (Å²) in [4.78, 5) is 31.2. The second-order valence-electron chi connectivity index (χ2n) is 9.78. The molecule has 1 aliphatic heterocycles. The smallest absolute Gasteiger partial charge is 0.250 e. The van der Waals surface area contributed by atoms with E-state index in [1.54, 1.807) is 12.0 Å². The van der Waals surface area contributed by atoms with Gasteiger partial charge in [-0.1, -0.05) is 68.5 Å². The number of carbonyl (C=O) groups is 2. The molecule has 4 rings (SSSR count). The molecule has 0 spiro atoms. The first-order valence-electron chi connectivity index (χ1n) is 13.0. The van der Waals surface area contributed by atoms with Gasteiger partial charge in [-0.3, -0.25) is 9.59 Å². The fourth-order valence-electron chi connectivity index (χ4n) is 5.21. The lowest BCUT2D eigenvalue weighted by Crippen LogP contribution is -2.57. The standard InChI is InChI=1S/C29H38N2O4/c1-4-17-35-25-16-15-23(18-26(25)34-3)28-29(33)30(24-9-7-5-6-8-10-24)20-27(32)31(28)19-22-13-11-21(2)12-14-22/h11-16,18,24,28H,4-10,17,19-20H2,1-3H3/t28-/m1/s1. The highest BCUT2D eigenvalue weighted by Gasteiger charge is 2.43. The zero-order valence-electron chi connectivity index (χ0n) is 21.3. The van der Waals surface area contributed by atoms with Crippen molar-refractivity contribution in [2.75, 3.05) is 20.3 Å². The Bertz CT molecular complexity index is 1010. The number of amides is 2. The number of carbonyl (C=O) groups excluding carboxylic acids is 2. The molecule has 1 heterocycles. The first-order chi connectivity index (χ1) is 17.0. The number of aryl methyl sites for hydroxylation is 1. The summed E-state index contributed by atoms with van der Waals surface area (Å²) in [6.45, 7) is 5.23. The predicted molar refractivity (Wildman–Crippen MR) is 136 cm³/mol. The first-order valence-corrected chi connectivity index (χ1v) is 13.0. The van der Waals surface area contributed by atoms with Crippen LogP contribution in [0.25, 0.3) is 0 Å². The van der Waals surface area contributed by atoms with Crippen molar-refractivity contribution in [1.82, 2.24) is 9.80 Å². The van der Waals surface area contributed by atoms with Crippen molar-refractivity contribution < 1.29 is 19.1 Å². The van der Waals surface area contributed by atoms with Crippen LogP contribution in [0.15, 0.2) is 42.5 Å². The number of piperazine rings is 1. The van der Waals surface area contributed by atoms with Gasteiger partial charge in [-0.25, -0.2) is 0 Å². The molecule has 2 aromatic carbocycles. The summed E-state index contributed by atoms with van der Waals surface area (Å²) in [5.74, 6) is 1.23. The van der Waals surface area contributed by atoms with E-state index in [2.05, 4.69) is 6.92 Å². The van der Waals surface area contributed by atoms with Crippen LogP contribution >= 0.6 is 0 Å². The van der Waals surface area contributed by atoms with E-state index in [4.69, 9.17) is 9.47 Å². The third-order valence-electron chi connectivity index (χ3n) is 7.16. The average molecular weight is 479 g/mol. The lowest BCUT2D eigenvalue weighted by molar-refractivity contribution is -0.159. The van der Waals surface area contributed by atoms with Crippen molar-refractivity contribution in [3.8, 4) is 11.5 Å². The zero-order chi connectivity index (χ0) is 24.8. The van der Waals surface area contributed by atoms with Gasteiger partial charge in [0.1, 0.15) is 12.6 Å². The fraction of sp³-hybridized carbons (Fsp3) is 0.517. The Balaban J connectivity index is 1.69. The molecular weight excluding hydrogens is 440 g/mol. The van der Waals surface area contributed by atoms with E-state index in [1.807, 2.05) is 54.3 Å². The summed E-state index contributed by atoms with van der Waals surface area (Å²) in [6.07, 6.45) is 7.45. The number of nitrogens with zero attached hydrogens (tertiary/aromatic N) is 2. The molecule has 6 heteroatoms. The summed E-state index contributed by atoms with van der Waals surface area (Å²) < 4.78 is 11.4. The van der Waals surface area contributed by atoms with Gasteiger partial charge in [0.05, 0.1) is 13.7 Å². The van der Waals surface area contributed by atoms with Gasteiger partial charge < -0.3 is 19.3 Å². The van der Waals surface area contributed by atoms with E-state index < -0.39 is 6.04 Å². The number of benzene rings is 2. The van der Waals surface area contributed by atoms with Gasteiger partial charge >= 0.3 is 0 Å². The molecule has 1 saturated carbocycles. The van der Waals surface area contributed by atoms with E-state index in [-0.39, 0.29) is 24.4 Å². The molecule has 35 heavy (non-hydrogen) atoms. The summed E-state index contributed by atoms with van der Waals surface area (Å²) in [5.41, 5.74) is 2.94. The molecule has 2 amide bonds. The van der Waals surface area contributed by atoms with Crippen LogP contribution in [0, 0.1) is 6.92 Å². The molecule has 0 bridgehead atoms. The van der Waals surface area contributed by atoms with E-state index in [9.17, 15) is 9.59 Å². The lowest BCUT2D eigenvalue weighted by Gasteiger charge is -2.43. The predicted octanol–water partition coefficient (Wildman–Crippen LogP) is 5.43. The normalized spacial score (nSPS) is 19.6. The molecule has 1 saturated heterocycles. The van der Waals surface area contributed by atoms with Crippen LogP contribution in [0.2, 0.25) is 0 Å². The Labute approximate surface area is 209 Å². The van der Waals surface area contributed by atoms with E-state index >= 15 is 0 Å². The Morgan fingerprint density at radius 2 is 1.66 bits per heavy atom. The Morgan fingerprint density at radius 3 is 2.31 bits per heavy atom. The van der Waals surface area contributed by atoms with Crippen LogP contribution in [0.3, 0.4) is 0 Å². The first kappa shape index (κ1) is 25.1. The minimum Gasteiger partial charge on any atom is -0.493 e. The van der Waals surface area contributed by atoms with Crippen LogP contribution in [-0.4, -0.2) is 47.9 Å². The molecule has 1 aliphatic carbocycles. The Kier molecular flexibility index (Phi) is 8.32. The molecule has 188 valence electrons. The zero-order valence-corrected chi connectivity index (χ0v) is 21.3. The molecule has 2 fully saturated rings. The number of ether oxygens (including phenoxy) is 2. The van der Waals surface area contributed by atoms with Crippen LogP contribution in [0.4, 0.5) is 0 Å². The summed E-state index contributed by atoms with van der Waals surface area (Å²) >= 11 is 0. The SMILES string of the molecule is CCCOc1ccc([C@@H]2C(=O)N(C3CCCCCC3)CC(=O)N2Cc2ccc(C)cc2)cc1OC. The van der Waals surface area contributed by atoms with E-state index in [0.29, 0.717) is 24.7 Å². The summed E-state index contributed by atoms with van der Waals surface area (Å²) in [5, 5.41) is 0. The van der Waals surface area contributed by atoms with E-state index in [0.717, 1.165) is 43.2 Å². The molecule has 0 unspecified atom stereocenters. The minimum atomic E-state index is -0.685. The van der Waals surface area contributed by atoms with Crippen molar-refractivity contribution in [1.29, 1.82) is 0 Å². The molecule has 2 aromatic rings. The van der Waals surface area contributed by atoms with Gasteiger partial charge in [0.25, 0.3) is 5.91 Å². The third-order valence-corrected chi connectivity index (χ3v) is 7.16. The maximum absolute atomic E-state index is 14.1. The Morgan fingerprint density at radius 1 is 0.943 bits per heavy atom.